The largest absolute Gasteiger partial charge is 0.368 e. The number of nitrogens with two attached hydrogens (primary N) is 2. The van der Waals surface area contributed by atoms with E-state index >= 15 is 0 Å². The molecule has 0 fully saturated rings. The van der Waals surface area contributed by atoms with Crippen LogP contribution in [-0.4, -0.2) is 23.4 Å². The van der Waals surface area contributed by atoms with Crippen LogP contribution >= 0.6 is 0 Å². The van der Waals surface area contributed by atoms with Gasteiger partial charge in [0.1, 0.15) is 6.04 Å². The second-order valence-corrected chi connectivity index (χ2v) is 3.46. The molecule has 0 spiro atoms. The molecule has 1 unspecified atom stereocenters. The maximum atomic E-state index is 11.6. The number of primary amides is 1. The van der Waals surface area contributed by atoms with Crippen LogP contribution in [0, 0.1) is 0 Å². The maximum absolute atomic E-state index is 11.6. The molecule has 2 amide bonds. The lowest BCUT2D eigenvalue weighted by molar-refractivity contribution is -0.130. The van der Waals surface area contributed by atoms with E-state index in [9.17, 15) is 9.59 Å². The van der Waals surface area contributed by atoms with Crippen LogP contribution in [-0.2, 0) is 9.59 Å². The highest BCUT2D eigenvalue weighted by Gasteiger charge is 2.31. The number of hydrogen-bond donors (Lipinski definition) is 3. The molecule has 1 atom stereocenters. The Kier molecular flexibility index (Phi) is 4.56. The molecule has 0 radical (unpaired) electrons. The molecule has 0 heterocycles. The molecule has 0 saturated heterocycles. The normalized spacial score (nSPS) is 13.4. The van der Waals surface area contributed by atoms with Crippen molar-refractivity contribution in [1.82, 2.24) is 5.32 Å². The Morgan fingerprint density at radius 3 is 2.07 bits per heavy atom. The zero-order valence-electron chi connectivity index (χ0n) is 8.96. The summed E-state index contributed by atoms with van der Waals surface area (Å²) >= 11 is 0. The van der Waals surface area contributed by atoms with E-state index in [2.05, 4.69) is 5.32 Å². The highest BCUT2D eigenvalue weighted by atomic mass is 16.2. The summed E-state index contributed by atoms with van der Waals surface area (Å²) in [4.78, 5) is 22.3. The van der Waals surface area contributed by atoms with Gasteiger partial charge in [-0.3, -0.25) is 9.59 Å². The SMILES string of the molecule is CCC(N)(CC)C(=O)NC(C)C(N)=O. The summed E-state index contributed by atoms with van der Waals surface area (Å²) in [6.07, 6.45) is 1.06. The fraction of sp³-hybridized carbons (Fsp3) is 0.778. The molecular formula is C9H19N3O2. The van der Waals surface area contributed by atoms with Crippen LogP contribution in [0.5, 0.6) is 0 Å². The third-order valence-electron chi connectivity index (χ3n) is 2.49. The number of carbonyl (C=O) groups excluding carboxylic acids is 2. The van der Waals surface area contributed by atoms with Crippen molar-refractivity contribution in [2.24, 2.45) is 11.5 Å². The maximum Gasteiger partial charge on any atom is 0.240 e. The van der Waals surface area contributed by atoms with E-state index in [0.717, 1.165) is 0 Å². The van der Waals surface area contributed by atoms with Gasteiger partial charge in [0.05, 0.1) is 5.54 Å². The van der Waals surface area contributed by atoms with Crippen LogP contribution in [0.15, 0.2) is 0 Å². The zero-order chi connectivity index (χ0) is 11.4. The number of carbonyl (C=O) groups is 2. The Balaban J connectivity index is 4.40. The molecule has 82 valence electrons. The third-order valence-corrected chi connectivity index (χ3v) is 2.49. The van der Waals surface area contributed by atoms with E-state index in [1.165, 1.54) is 6.92 Å². The van der Waals surface area contributed by atoms with E-state index < -0.39 is 17.5 Å². The van der Waals surface area contributed by atoms with Gasteiger partial charge in [-0.05, 0) is 19.8 Å². The predicted octanol–water partition coefficient (Wildman–Crippen LogP) is -0.506. The van der Waals surface area contributed by atoms with Gasteiger partial charge in [-0.1, -0.05) is 13.8 Å². The predicted molar refractivity (Wildman–Crippen MR) is 54.3 cm³/mol. The Morgan fingerprint density at radius 1 is 1.36 bits per heavy atom. The van der Waals surface area contributed by atoms with E-state index in [1.807, 2.05) is 13.8 Å². The van der Waals surface area contributed by atoms with Crippen molar-refractivity contribution in [3.05, 3.63) is 0 Å². The van der Waals surface area contributed by atoms with Gasteiger partial charge in [0.25, 0.3) is 0 Å². The van der Waals surface area contributed by atoms with E-state index in [0.29, 0.717) is 12.8 Å². The van der Waals surface area contributed by atoms with Gasteiger partial charge in [0, 0.05) is 0 Å². The minimum Gasteiger partial charge on any atom is -0.368 e. The molecule has 0 aromatic heterocycles. The van der Waals surface area contributed by atoms with Crippen molar-refractivity contribution in [3.63, 3.8) is 0 Å². The van der Waals surface area contributed by atoms with Crippen molar-refractivity contribution in [2.45, 2.75) is 45.2 Å². The molecule has 5 N–H and O–H groups in total. The van der Waals surface area contributed by atoms with Gasteiger partial charge in [-0.15, -0.1) is 0 Å². The number of rotatable bonds is 5. The fourth-order valence-electron chi connectivity index (χ4n) is 0.983. The average Bonchev–Trinajstić information content (AvgIpc) is 2.16. The topological polar surface area (TPSA) is 98.2 Å². The van der Waals surface area contributed by atoms with Gasteiger partial charge >= 0.3 is 0 Å². The number of amides is 2. The Bertz CT molecular complexity index is 224. The summed E-state index contributed by atoms with van der Waals surface area (Å²) in [6.45, 7) is 5.20. The van der Waals surface area contributed by atoms with Gasteiger partial charge in [-0.25, -0.2) is 0 Å². The minimum absolute atomic E-state index is 0.325. The molecule has 0 rings (SSSR count). The fourth-order valence-corrected chi connectivity index (χ4v) is 0.983. The van der Waals surface area contributed by atoms with Crippen LogP contribution in [0.3, 0.4) is 0 Å². The average molecular weight is 201 g/mol. The molecule has 0 aliphatic rings. The van der Waals surface area contributed by atoms with Crippen LogP contribution in [0.25, 0.3) is 0 Å². The van der Waals surface area contributed by atoms with Gasteiger partial charge in [0.2, 0.25) is 11.8 Å². The van der Waals surface area contributed by atoms with E-state index in [-0.39, 0.29) is 5.91 Å². The molecule has 0 bridgehead atoms. The number of hydrogen-bond acceptors (Lipinski definition) is 3. The summed E-state index contributed by atoms with van der Waals surface area (Å²) < 4.78 is 0. The summed E-state index contributed by atoms with van der Waals surface area (Å²) in [5, 5.41) is 2.48. The van der Waals surface area contributed by atoms with Crippen molar-refractivity contribution in [1.29, 1.82) is 0 Å². The lowest BCUT2D eigenvalue weighted by atomic mass is 9.93. The summed E-state index contributed by atoms with van der Waals surface area (Å²) in [5.74, 6) is -0.887. The molecule has 0 aromatic carbocycles. The number of nitrogens with one attached hydrogen (secondary N) is 1. The highest BCUT2D eigenvalue weighted by molar-refractivity contribution is 5.91. The smallest absolute Gasteiger partial charge is 0.240 e. The van der Waals surface area contributed by atoms with Gasteiger partial charge < -0.3 is 16.8 Å². The molecule has 5 nitrogen and oxygen atoms in total. The third kappa shape index (κ3) is 2.99. The van der Waals surface area contributed by atoms with Crippen LogP contribution < -0.4 is 16.8 Å². The zero-order valence-corrected chi connectivity index (χ0v) is 8.96. The molecule has 0 aliphatic carbocycles. The second-order valence-electron chi connectivity index (χ2n) is 3.46. The van der Waals surface area contributed by atoms with Gasteiger partial charge in [-0.2, -0.15) is 0 Å². The van der Waals surface area contributed by atoms with Crippen molar-refractivity contribution < 1.29 is 9.59 Å². The molecule has 0 aliphatic heterocycles. The second kappa shape index (κ2) is 4.95. The molecule has 5 heteroatoms. The van der Waals surface area contributed by atoms with Crippen LogP contribution in [0.1, 0.15) is 33.6 Å². The minimum atomic E-state index is -0.899. The van der Waals surface area contributed by atoms with Crippen molar-refractivity contribution in [2.75, 3.05) is 0 Å². The van der Waals surface area contributed by atoms with Crippen molar-refractivity contribution >= 4 is 11.8 Å². The van der Waals surface area contributed by atoms with Gasteiger partial charge in [0.15, 0.2) is 0 Å². The van der Waals surface area contributed by atoms with Crippen LogP contribution in [0.4, 0.5) is 0 Å². The van der Waals surface area contributed by atoms with Crippen molar-refractivity contribution in [3.8, 4) is 0 Å². The van der Waals surface area contributed by atoms with E-state index in [4.69, 9.17) is 11.5 Å². The lowest BCUT2D eigenvalue weighted by Gasteiger charge is -2.26. The quantitative estimate of drug-likeness (QED) is 0.559. The van der Waals surface area contributed by atoms with Crippen LogP contribution in [0.2, 0.25) is 0 Å². The Morgan fingerprint density at radius 2 is 1.79 bits per heavy atom. The molecule has 0 aromatic rings. The molecular weight excluding hydrogens is 182 g/mol. The Labute approximate surface area is 84.2 Å². The van der Waals surface area contributed by atoms with E-state index in [1.54, 1.807) is 0 Å². The molecule has 14 heavy (non-hydrogen) atoms. The summed E-state index contributed by atoms with van der Waals surface area (Å²) in [5.41, 5.74) is 9.94. The first kappa shape index (κ1) is 12.9. The Hall–Kier alpha value is -1.10. The highest BCUT2D eigenvalue weighted by Crippen LogP contribution is 2.11. The monoisotopic (exact) mass is 201 g/mol. The molecule has 0 saturated carbocycles. The standard InChI is InChI=1S/C9H19N3O2/c1-4-9(11,5-2)8(14)12-6(3)7(10)13/h6H,4-5,11H2,1-3H3,(H2,10,13)(H,12,14). The lowest BCUT2D eigenvalue weighted by Crippen LogP contribution is -2.57. The first-order valence-corrected chi connectivity index (χ1v) is 4.76. The summed E-state index contributed by atoms with van der Waals surface area (Å²) in [6, 6.07) is -0.677. The first-order chi connectivity index (χ1) is 6.37. The first-order valence-electron chi connectivity index (χ1n) is 4.76. The summed E-state index contributed by atoms with van der Waals surface area (Å²) in [7, 11) is 0.